The van der Waals surface area contributed by atoms with E-state index < -0.39 is 35.7 Å². The summed E-state index contributed by atoms with van der Waals surface area (Å²) < 4.78 is 36.8. The molecular formula is C20H26O7. The lowest BCUT2D eigenvalue weighted by Gasteiger charge is -2.37. The van der Waals surface area contributed by atoms with Crippen molar-refractivity contribution in [2.24, 2.45) is 0 Å². The van der Waals surface area contributed by atoms with Crippen LogP contribution in [0.25, 0.3) is 0 Å². The summed E-state index contributed by atoms with van der Waals surface area (Å²) in [5, 5.41) is 10.6. The highest BCUT2D eigenvalue weighted by Crippen LogP contribution is 2.57. The third-order valence-electron chi connectivity index (χ3n) is 5.91. The number of hydrogen-bond donors (Lipinski definition) is 1. The van der Waals surface area contributed by atoms with Crippen molar-refractivity contribution in [2.75, 3.05) is 6.61 Å². The summed E-state index contributed by atoms with van der Waals surface area (Å²) >= 11 is 0. The zero-order valence-corrected chi connectivity index (χ0v) is 16.3. The SMILES string of the molecule is Cc1ccc2c(c1O)CO[C@]21[C@@H]([C@H]2COC(C)(C)O2)O[C@@H]2OC(C)(C)O[C@@H]21. The molecular weight excluding hydrogens is 352 g/mol. The zero-order chi connectivity index (χ0) is 19.2. The molecule has 0 aliphatic carbocycles. The molecule has 148 valence electrons. The second kappa shape index (κ2) is 5.43. The lowest BCUT2D eigenvalue weighted by atomic mass is 9.81. The van der Waals surface area contributed by atoms with Gasteiger partial charge in [-0.05, 0) is 45.7 Å². The van der Waals surface area contributed by atoms with E-state index in [-0.39, 0.29) is 18.5 Å². The van der Waals surface area contributed by atoms with Gasteiger partial charge in [0.15, 0.2) is 23.5 Å². The molecule has 7 heteroatoms. The molecule has 7 nitrogen and oxygen atoms in total. The van der Waals surface area contributed by atoms with Gasteiger partial charge in [0.2, 0.25) is 0 Å². The van der Waals surface area contributed by atoms with Crippen LogP contribution in [-0.2, 0) is 40.6 Å². The molecule has 27 heavy (non-hydrogen) atoms. The Balaban J connectivity index is 1.62. The van der Waals surface area contributed by atoms with E-state index in [0.717, 1.165) is 16.7 Å². The fourth-order valence-corrected chi connectivity index (χ4v) is 4.76. The molecule has 3 fully saturated rings. The number of hydrogen-bond acceptors (Lipinski definition) is 7. The number of aromatic hydroxyl groups is 1. The molecule has 1 spiro atoms. The van der Waals surface area contributed by atoms with Gasteiger partial charge in [-0.2, -0.15) is 0 Å². The molecule has 4 heterocycles. The van der Waals surface area contributed by atoms with Crippen molar-refractivity contribution in [2.45, 2.75) is 83.0 Å². The van der Waals surface area contributed by atoms with E-state index in [9.17, 15) is 5.11 Å². The second-order valence-electron chi connectivity index (χ2n) is 8.69. The molecule has 0 bridgehead atoms. The minimum absolute atomic E-state index is 0.258. The summed E-state index contributed by atoms with van der Waals surface area (Å²) in [7, 11) is 0. The summed E-state index contributed by atoms with van der Waals surface area (Å²) in [6.45, 7) is 10.0. The molecule has 0 radical (unpaired) electrons. The second-order valence-corrected chi connectivity index (χ2v) is 8.69. The van der Waals surface area contributed by atoms with Crippen LogP contribution in [-0.4, -0.2) is 47.9 Å². The quantitative estimate of drug-likeness (QED) is 0.804. The summed E-state index contributed by atoms with van der Waals surface area (Å²) in [6, 6.07) is 3.89. The van der Waals surface area contributed by atoms with Crippen LogP contribution in [0.4, 0.5) is 0 Å². The number of ether oxygens (including phenoxy) is 6. The van der Waals surface area contributed by atoms with E-state index in [1.54, 1.807) is 0 Å². The van der Waals surface area contributed by atoms with Crippen LogP contribution in [0.3, 0.4) is 0 Å². The van der Waals surface area contributed by atoms with Gasteiger partial charge in [-0.3, -0.25) is 0 Å². The third-order valence-corrected chi connectivity index (χ3v) is 5.91. The maximum Gasteiger partial charge on any atom is 0.191 e. The first kappa shape index (κ1) is 17.8. The molecule has 1 aromatic rings. The zero-order valence-electron chi connectivity index (χ0n) is 16.3. The first-order chi connectivity index (χ1) is 12.6. The Bertz CT molecular complexity index is 789. The molecule has 5 rings (SSSR count). The van der Waals surface area contributed by atoms with Crippen LogP contribution in [0, 0.1) is 6.92 Å². The van der Waals surface area contributed by atoms with E-state index in [2.05, 4.69) is 0 Å². The molecule has 0 aromatic heterocycles. The third kappa shape index (κ3) is 2.43. The fraction of sp³-hybridized carbons (Fsp3) is 0.700. The predicted molar refractivity (Wildman–Crippen MR) is 92.9 cm³/mol. The topological polar surface area (TPSA) is 75.6 Å². The highest BCUT2D eigenvalue weighted by molar-refractivity contribution is 5.51. The standard InChI is InChI=1S/C20H26O7/c1-10-6-7-12-11(14(10)21)8-23-20(12)15(13-9-22-18(2,3)25-13)24-17-16(20)26-19(4,5)27-17/h6-7,13,15-17,21H,8-9H2,1-5H3/t13-,15-,16+,17-,20+/m1/s1. The number of fused-ring (bicyclic) bond motifs is 4. The molecule has 0 saturated carbocycles. The molecule has 1 N–H and O–H groups in total. The summed E-state index contributed by atoms with van der Waals surface area (Å²) in [5.74, 6) is -1.21. The average Bonchev–Trinajstić information content (AvgIpc) is 3.27. The lowest BCUT2D eigenvalue weighted by molar-refractivity contribution is -0.256. The Morgan fingerprint density at radius 2 is 1.74 bits per heavy atom. The van der Waals surface area contributed by atoms with Crippen molar-refractivity contribution >= 4 is 0 Å². The molecule has 4 aliphatic heterocycles. The molecule has 4 aliphatic rings. The van der Waals surface area contributed by atoms with Crippen molar-refractivity contribution in [3.05, 3.63) is 28.8 Å². The van der Waals surface area contributed by atoms with Gasteiger partial charge in [0.25, 0.3) is 0 Å². The Morgan fingerprint density at radius 3 is 2.44 bits per heavy atom. The maximum atomic E-state index is 10.6. The van der Waals surface area contributed by atoms with E-state index >= 15 is 0 Å². The first-order valence-corrected chi connectivity index (χ1v) is 9.42. The number of phenolic OH excluding ortho intramolecular Hbond substituents is 1. The smallest absolute Gasteiger partial charge is 0.191 e. The Hall–Kier alpha value is -1.22. The fourth-order valence-electron chi connectivity index (χ4n) is 4.76. The Morgan fingerprint density at radius 1 is 0.963 bits per heavy atom. The van der Waals surface area contributed by atoms with Crippen LogP contribution in [0.5, 0.6) is 5.75 Å². The van der Waals surface area contributed by atoms with Crippen LogP contribution in [0.15, 0.2) is 12.1 Å². The number of phenols is 1. The van der Waals surface area contributed by atoms with Gasteiger partial charge >= 0.3 is 0 Å². The van der Waals surface area contributed by atoms with Crippen LogP contribution in [0.1, 0.15) is 44.4 Å². The molecule has 0 unspecified atom stereocenters. The summed E-state index contributed by atoms with van der Waals surface area (Å²) in [5.41, 5.74) is 1.54. The minimum atomic E-state index is -0.923. The normalized spacial score (nSPS) is 41.2. The number of benzene rings is 1. The predicted octanol–water partition coefficient (Wildman–Crippen LogP) is 2.45. The van der Waals surface area contributed by atoms with Crippen molar-refractivity contribution in [3.8, 4) is 5.75 Å². The molecule has 5 atom stereocenters. The van der Waals surface area contributed by atoms with Crippen molar-refractivity contribution in [1.82, 2.24) is 0 Å². The van der Waals surface area contributed by atoms with E-state index in [1.807, 2.05) is 46.8 Å². The molecule has 3 saturated heterocycles. The van der Waals surface area contributed by atoms with Gasteiger partial charge in [0.05, 0.1) is 13.2 Å². The van der Waals surface area contributed by atoms with Crippen LogP contribution < -0.4 is 0 Å². The van der Waals surface area contributed by atoms with E-state index in [0.29, 0.717) is 6.61 Å². The Labute approximate surface area is 158 Å². The number of rotatable bonds is 1. The molecule has 0 amide bonds. The largest absolute Gasteiger partial charge is 0.507 e. The first-order valence-electron chi connectivity index (χ1n) is 9.42. The van der Waals surface area contributed by atoms with Gasteiger partial charge in [-0.1, -0.05) is 12.1 Å². The maximum absolute atomic E-state index is 10.6. The average molecular weight is 378 g/mol. The Kier molecular flexibility index (Phi) is 3.59. The highest BCUT2D eigenvalue weighted by atomic mass is 16.9. The van der Waals surface area contributed by atoms with Gasteiger partial charge in [0.1, 0.15) is 24.1 Å². The summed E-state index contributed by atoms with van der Waals surface area (Å²) in [4.78, 5) is 0. The van der Waals surface area contributed by atoms with Crippen molar-refractivity contribution in [1.29, 1.82) is 0 Å². The molecule has 1 aromatic carbocycles. The van der Waals surface area contributed by atoms with E-state index in [1.165, 1.54) is 0 Å². The summed E-state index contributed by atoms with van der Waals surface area (Å²) in [6.07, 6.45) is -1.86. The van der Waals surface area contributed by atoms with Gasteiger partial charge < -0.3 is 33.5 Å². The lowest BCUT2D eigenvalue weighted by Crippen LogP contribution is -2.51. The highest BCUT2D eigenvalue weighted by Gasteiger charge is 2.70. The van der Waals surface area contributed by atoms with Gasteiger partial charge in [0, 0.05) is 5.56 Å². The number of aryl methyl sites for hydroxylation is 1. The minimum Gasteiger partial charge on any atom is -0.507 e. The van der Waals surface area contributed by atoms with Gasteiger partial charge in [-0.25, -0.2) is 0 Å². The van der Waals surface area contributed by atoms with Crippen molar-refractivity contribution in [3.63, 3.8) is 0 Å². The monoisotopic (exact) mass is 378 g/mol. The van der Waals surface area contributed by atoms with Crippen LogP contribution >= 0.6 is 0 Å². The van der Waals surface area contributed by atoms with Crippen LogP contribution in [0.2, 0.25) is 0 Å². The van der Waals surface area contributed by atoms with Crippen molar-refractivity contribution < 1.29 is 33.5 Å². The van der Waals surface area contributed by atoms with E-state index in [4.69, 9.17) is 28.4 Å². The van der Waals surface area contributed by atoms with Gasteiger partial charge in [-0.15, -0.1) is 0 Å².